The van der Waals surface area contributed by atoms with Gasteiger partial charge in [0.25, 0.3) is 21.8 Å². The SMILES string of the molecule is COc1ccc(NC(=O)c2cc(NS(=O)(=O)c3ccccc3)ccc2NC(=O)c2ccc(C(C)(C)C)cc2)cc1. The summed E-state index contributed by atoms with van der Waals surface area (Å²) in [6, 6.07) is 26.3. The minimum Gasteiger partial charge on any atom is -0.497 e. The molecular weight excluding hydrogens is 526 g/mol. The van der Waals surface area contributed by atoms with Crippen LogP contribution in [0.5, 0.6) is 5.75 Å². The highest BCUT2D eigenvalue weighted by molar-refractivity contribution is 7.92. The number of hydrogen-bond acceptors (Lipinski definition) is 5. The van der Waals surface area contributed by atoms with Crippen LogP contribution in [-0.2, 0) is 15.4 Å². The number of rotatable bonds is 8. The summed E-state index contributed by atoms with van der Waals surface area (Å²) >= 11 is 0. The lowest BCUT2D eigenvalue weighted by atomic mass is 9.86. The zero-order valence-electron chi connectivity index (χ0n) is 22.7. The molecule has 0 aliphatic carbocycles. The number of hydrogen-bond donors (Lipinski definition) is 3. The molecule has 0 unspecified atom stereocenters. The van der Waals surface area contributed by atoms with Gasteiger partial charge >= 0.3 is 0 Å². The molecule has 9 heteroatoms. The standard InChI is InChI=1S/C31H31N3O5S/c1-31(2,3)22-12-10-21(11-13-22)29(35)33-28-19-16-24(34-40(37,38)26-8-6-5-7-9-26)20-27(28)30(36)32-23-14-17-25(39-4)18-15-23/h5-20,34H,1-4H3,(H,32,36)(H,33,35). The summed E-state index contributed by atoms with van der Waals surface area (Å²) in [5.41, 5.74) is 2.39. The molecule has 0 aliphatic rings. The molecule has 206 valence electrons. The molecule has 40 heavy (non-hydrogen) atoms. The summed E-state index contributed by atoms with van der Waals surface area (Å²) in [5.74, 6) is -0.318. The quantitative estimate of drug-likeness (QED) is 0.235. The van der Waals surface area contributed by atoms with Crippen LogP contribution in [0.15, 0.2) is 102 Å². The summed E-state index contributed by atoms with van der Waals surface area (Å²) < 4.78 is 33.4. The van der Waals surface area contributed by atoms with Crippen molar-refractivity contribution in [3.63, 3.8) is 0 Å². The maximum Gasteiger partial charge on any atom is 0.261 e. The van der Waals surface area contributed by atoms with Crippen molar-refractivity contribution in [2.24, 2.45) is 0 Å². The van der Waals surface area contributed by atoms with Crippen LogP contribution in [0.25, 0.3) is 0 Å². The minimum absolute atomic E-state index is 0.0648. The molecule has 4 rings (SSSR count). The molecule has 0 aromatic heterocycles. The Labute approximate surface area is 234 Å². The molecule has 0 aliphatic heterocycles. The van der Waals surface area contributed by atoms with E-state index in [9.17, 15) is 18.0 Å². The maximum absolute atomic E-state index is 13.4. The van der Waals surface area contributed by atoms with E-state index < -0.39 is 21.8 Å². The van der Waals surface area contributed by atoms with E-state index >= 15 is 0 Å². The summed E-state index contributed by atoms with van der Waals surface area (Å²) in [7, 11) is -2.36. The van der Waals surface area contributed by atoms with Crippen molar-refractivity contribution in [1.82, 2.24) is 0 Å². The summed E-state index contributed by atoms with van der Waals surface area (Å²) in [5, 5.41) is 5.58. The van der Waals surface area contributed by atoms with Crippen LogP contribution >= 0.6 is 0 Å². The Bertz CT molecular complexity index is 1610. The highest BCUT2D eigenvalue weighted by atomic mass is 32.2. The fourth-order valence-electron chi connectivity index (χ4n) is 3.91. The van der Waals surface area contributed by atoms with E-state index in [-0.39, 0.29) is 27.2 Å². The van der Waals surface area contributed by atoms with Crippen LogP contribution in [0.1, 0.15) is 47.1 Å². The van der Waals surface area contributed by atoms with Crippen LogP contribution in [0, 0.1) is 0 Å². The number of carbonyl (C=O) groups excluding carboxylic acids is 2. The van der Waals surface area contributed by atoms with E-state index in [1.165, 1.54) is 30.3 Å². The van der Waals surface area contributed by atoms with E-state index in [0.717, 1.165) is 5.56 Å². The summed E-state index contributed by atoms with van der Waals surface area (Å²) in [6.45, 7) is 6.26. The first kappa shape index (κ1) is 28.4. The fourth-order valence-corrected chi connectivity index (χ4v) is 4.98. The molecule has 0 saturated heterocycles. The number of nitrogens with one attached hydrogen (secondary N) is 3. The first-order valence-corrected chi connectivity index (χ1v) is 14.0. The highest BCUT2D eigenvalue weighted by Crippen LogP contribution is 2.26. The Morgan fingerprint density at radius 1 is 0.725 bits per heavy atom. The Kier molecular flexibility index (Phi) is 8.25. The van der Waals surface area contributed by atoms with Gasteiger partial charge in [-0.05, 0) is 77.7 Å². The summed E-state index contributed by atoms with van der Waals surface area (Å²) in [6.07, 6.45) is 0. The fraction of sp³-hybridized carbons (Fsp3) is 0.161. The number of carbonyl (C=O) groups is 2. The molecule has 0 saturated carbocycles. The number of sulfonamides is 1. The second-order valence-electron chi connectivity index (χ2n) is 10.1. The van der Waals surface area contributed by atoms with Crippen molar-refractivity contribution >= 4 is 38.9 Å². The van der Waals surface area contributed by atoms with Crippen LogP contribution in [0.3, 0.4) is 0 Å². The number of amides is 2. The normalized spacial score (nSPS) is 11.4. The van der Waals surface area contributed by atoms with E-state index in [1.54, 1.807) is 61.7 Å². The van der Waals surface area contributed by atoms with E-state index in [4.69, 9.17) is 4.74 Å². The number of methoxy groups -OCH3 is 1. The van der Waals surface area contributed by atoms with Crippen molar-refractivity contribution in [2.45, 2.75) is 31.1 Å². The van der Waals surface area contributed by atoms with Gasteiger partial charge in [0.2, 0.25) is 0 Å². The van der Waals surface area contributed by atoms with Crippen LogP contribution in [0.4, 0.5) is 17.1 Å². The van der Waals surface area contributed by atoms with Gasteiger partial charge in [0, 0.05) is 16.9 Å². The third-order valence-corrected chi connectivity index (χ3v) is 7.58. The topological polar surface area (TPSA) is 114 Å². The average Bonchev–Trinajstić information content (AvgIpc) is 2.94. The van der Waals surface area contributed by atoms with Gasteiger partial charge in [0.15, 0.2) is 0 Å². The Morgan fingerprint density at radius 3 is 1.95 bits per heavy atom. The minimum atomic E-state index is -3.90. The van der Waals surface area contributed by atoms with Gasteiger partial charge < -0.3 is 15.4 Å². The molecule has 0 bridgehead atoms. The third kappa shape index (κ3) is 6.86. The van der Waals surface area contributed by atoms with Crippen LogP contribution in [-0.4, -0.2) is 27.3 Å². The lowest BCUT2D eigenvalue weighted by molar-refractivity contribution is 0.102. The predicted octanol–water partition coefficient (Wildman–Crippen LogP) is 6.30. The predicted molar refractivity (Wildman–Crippen MR) is 158 cm³/mol. The molecule has 0 fully saturated rings. The molecular formula is C31H31N3O5S. The van der Waals surface area contributed by atoms with Crippen molar-refractivity contribution in [3.05, 3.63) is 114 Å². The molecule has 4 aromatic carbocycles. The third-order valence-electron chi connectivity index (χ3n) is 6.18. The maximum atomic E-state index is 13.4. The van der Waals surface area contributed by atoms with Crippen molar-refractivity contribution in [1.29, 1.82) is 0 Å². The zero-order chi connectivity index (χ0) is 28.9. The van der Waals surface area contributed by atoms with Gasteiger partial charge in [0.05, 0.1) is 23.3 Å². The van der Waals surface area contributed by atoms with E-state index in [1.807, 2.05) is 12.1 Å². The first-order valence-electron chi connectivity index (χ1n) is 12.6. The molecule has 0 spiro atoms. The number of anilines is 3. The van der Waals surface area contributed by atoms with Gasteiger partial charge in [0.1, 0.15) is 5.75 Å². The first-order chi connectivity index (χ1) is 19.0. The van der Waals surface area contributed by atoms with Crippen LogP contribution in [0.2, 0.25) is 0 Å². The number of ether oxygens (including phenoxy) is 1. The zero-order valence-corrected chi connectivity index (χ0v) is 23.5. The highest BCUT2D eigenvalue weighted by Gasteiger charge is 2.20. The monoisotopic (exact) mass is 557 g/mol. The van der Waals surface area contributed by atoms with Gasteiger partial charge in [-0.25, -0.2) is 8.42 Å². The van der Waals surface area contributed by atoms with E-state index in [2.05, 4.69) is 36.1 Å². The van der Waals surface area contributed by atoms with Crippen molar-refractivity contribution in [3.8, 4) is 5.75 Å². The smallest absolute Gasteiger partial charge is 0.261 e. The Hall–Kier alpha value is -4.63. The lowest BCUT2D eigenvalue weighted by Crippen LogP contribution is -2.20. The average molecular weight is 558 g/mol. The molecule has 0 heterocycles. The van der Waals surface area contributed by atoms with Gasteiger partial charge in [-0.1, -0.05) is 51.1 Å². The second-order valence-corrected chi connectivity index (χ2v) is 11.8. The molecule has 4 aromatic rings. The van der Waals surface area contributed by atoms with Crippen molar-refractivity contribution < 1.29 is 22.7 Å². The van der Waals surface area contributed by atoms with Crippen molar-refractivity contribution in [2.75, 3.05) is 22.5 Å². The van der Waals surface area contributed by atoms with Gasteiger partial charge in [-0.15, -0.1) is 0 Å². The largest absolute Gasteiger partial charge is 0.497 e. The molecule has 0 atom stereocenters. The Morgan fingerprint density at radius 2 is 1.35 bits per heavy atom. The van der Waals surface area contributed by atoms with E-state index in [0.29, 0.717) is 17.0 Å². The Balaban J connectivity index is 1.64. The molecule has 2 amide bonds. The molecule has 8 nitrogen and oxygen atoms in total. The van der Waals surface area contributed by atoms with Gasteiger partial charge in [-0.2, -0.15) is 0 Å². The lowest BCUT2D eigenvalue weighted by Gasteiger charge is -2.19. The number of benzene rings is 4. The summed E-state index contributed by atoms with van der Waals surface area (Å²) in [4.78, 5) is 26.6. The van der Waals surface area contributed by atoms with Crippen LogP contribution < -0.4 is 20.1 Å². The van der Waals surface area contributed by atoms with Gasteiger partial charge in [-0.3, -0.25) is 14.3 Å². The second kappa shape index (κ2) is 11.6. The molecule has 3 N–H and O–H groups in total. The molecule has 0 radical (unpaired) electrons.